The molecule has 0 aromatic carbocycles. The predicted molar refractivity (Wildman–Crippen MR) is 37.6 cm³/mol. The third-order valence-electron chi connectivity index (χ3n) is 0.796. The van der Waals surface area contributed by atoms with Crippen LogP contribution in [0.5, 0.6) is 0 Å². The largest absolute Gasteiger partial charge is 0.133 e. The Bertz CT molecular complexity index is 37.3. The fourth-order valence-electron chi connectivity index (χ4n) is 0.650. The van der Waals surface area contributed by atoms with Gasteiger partial charge in [0.25, 0.3) is 0 Å². The summed E-state index contributed by atoms with van der Waals surface area (Å²) in [4.78, 5) is 0. The normalized spacial score (nSPS) is 14.9. The maximum atomic E-state index is 5.67. The van der Waals surface area contributed by atoms with Crippen molar-refractivity contribution < 1.29 is 0 Å². The fraction of sp³-hybridized carbons (Fsp3) is 1.00. The lowest BCUT2D eigenvalue weighted by Crippen LogP contribution is -2.01. The van der Waals surface area contributed by atoms with E-state index in [0.717, 1.165) is 12.3 Å². The van der Waals surface area contributed by atoms with Gasteiger partial charge in [0.15, 0.2) is 0 Å². The van der Waals surface area contributed by atoms with Gasteiger partial charge in [-0.2, -0.15) is 0 Å². The zero-order valence-electron chi connectivity index (χ0n) is 5.24. The quantitative estimate of drug-likeness (QED) is 0.378. The van der Waals surface area contributed by atoms with Crippen molar-refractivity contribution in [3.8, 4) is 0 Å². The topological polar surface area (TPSA) is 0 Å². The second kappa shape index (κ2) is 3.37. The summed E-state index contributed by atoms with van der Waals surface area (Å²) in [5.41, 5.74) is 0. The average molecular weight is 118 g/mol. The number of rotatable bonds is 2. The van der Waals surface area contributed by atoms with Crippen LogP contribution in [-0.2, 0) is 0 Å². The molecular weight excluding hydrogens is 106 g/mol. The Kier molecular flexibility index (Phi) is 3.54. The molecule has 0 nitrogen and oxygen atoms in total. The fourth-order valence-corrected chi connectivity index (χ4v) is 1.01. The third-order valence-corrected chi connectivity index (χ3v) is 0.974. The Morgan fingerprint density at radius 3 is 2.00 bits per heavy atom. The smallest absolute Gasteiger partial charge is 0.124 e. The van der Waals surface area contributed by atoms with Crippen molar-refractivity contribution in [3.05, 3.63) is 0 Å². The summed E-state index contributed by atoms with van der Waals surface area (Å²) in [5, 5.41) is 0.347. The van der Waals surface area contributed by atoms with Crippen molar-refractivity contribution in [1.82, 2.24) is 0 Å². The molecule has 0 aliphatic heterocycles. The Morgan fingerprint density at radius 2 is 2.00 bits per heavy atom. The molecule has 0 radical (unpaired) electrons. The first-order chi connectivity index (χ1) is 3.13. The van der Waals surface area contributed by atoms with Gasteiger partial charge in [-0.15, -0.1) is 11.6 Å². The van der Waals surface area contributed by atoms with Crippen LogP contribution in [0.2, 0.25) is 0 Å². The molecule has 0 spiro atoms. The van der Waals surface area contributed by atoms with Crippen LogP contribution in [0.15, 0.2) is 0 Å². The molecule has 1 unspecified atom stereocenters. The third kappa shape index (κ3) is 6.35. The molecule has 0 amide bonds. The SMILES string of the molecule is BC(Cl)CC(C)C. The molecule has 7 heavy (non-hydrogen) atoms. The summed E-state index contributed by atoms with van der Waals surface area (Å²) in [6.45, 7) is 4.36. The number of alkyl halides is 1. The minimum Gasteiger partial charge on any atom is -0.133 e. The van der Waals surface area contributed by atoms with Crippen LogP contribution in [0, 0.1) is 5.92 Å². The highest BCUT2D eigenvalue weighted by molar-refractivity contribution is 6.40. The number of halogens is 1. The molecule has 42 valence electrons. The summed E-state index contributed by atoms with van der Waals surface area (Å²) in [6, 6.07) is 0. The van der Waals surface area contributed by atoms with Crippen LogP contribution in [0.1, 0.15) is 20.3 Å². The second-order valence-corrected chi connectivity index (χ2v) is 3.16. The van der Waals surface area contributed by atoms with Crippen molar-refractivity contribution in [2.75, 3.05) is 0 Å². The van der Waals surface area contributed by atoms with E-state index < -0.39 is 0 Å². The van der Waals surface area contributed by atoms with E-state index in [4.69, 9.17) is 11.6 Å². The predicted octanol–water partition coefficient (Wildman–Crippen LogP) is 1.23. The van der Waals surface area contributed by atoms with Crippen LogP contribution in [-0.4, -0.2) is 13.1 Å². The first kappa shape index (κ1) is 7.35. The van der Waals surface area contributed by atoms with Crippen molar-refractivity contribution in [1.29, 1.82) is 0 Å². The van der Waals surface area contributed by atoms with Gasteiger partial charge in [0, 0.05) is 5.28 Å². The van der Waals surface area contributed by atoms with Crippen LogP contribution in [0.3, 0.4) is 0 Å². The van der Waals surface area contributed by atoms with E-state index in [2.05, 4.69) is 13.8 Å². The minimum absolute atomic E-state index is 0.347. The van der Waals surface area contributed by atoms with E-state index in [1.165, 1.54) is 0 Å². The Morgan fingerprint density at radius 1 is 1.57 bits per heavy atom. The highest BCUT2D eigenvalue weighted by Crippen LogP contribution is 2.05. The Balaban J connectivity index is 2.95. The highest BCUT2D eigenvalue weighted by Gasteiger charge is 1.98. The van der Waals surface area contributed by atoms with Crippen molar-refractivity contribution in [2.45, 2.75) is 25.5 Å². The van der Waals surface area contributed by atoms with E-state index >= 15 is 0 Å². The lowest BCUT2D eigenvalue weighted by Gasteiger charge is -2.03. The van der Waals surface area contributed by atoms with Crippen molar-refractivity contribution >= 4 is 19.4 Å². The molecule has 0 N–H and O–H groups in total. The molecule has 0 saturated carbocycles. The first-order valence-electron chi connectivity index (χ1n) is 2.77. The maximum Gasteiger partial charge on any atom is 0.124 e. The minimum atomic E-state index is 0.347. The first-order valence-corrected chi connectivity index (χ1v) is 3.20. The van der Waals surface area contributed by atoms with Gasteiger partial charge in [0.1, 0.15) is 7.85 Å². The van der Waals surface area contributed by atoms with Crippen LogP contribution in [0.4, 0.5) is 0 Å². The molecule has 0 aliphatic rings. The summed E-state index contributed by atoms with van der Waals surface area (Å²) in [5.74, 6) is 0.743. The van der Waals surface area contributed by atoms with E-state index in [-0.39, 0.29) is 0 Å². The lowest BCUT2D eigenvalue weighted by atomic mass is 9.95. The molecule has 0 aromatic rings. The van der Waals surface area contributed by atoms with Gasteiger partial charge < -0.3 is 0 Å². The van der Waals surface area contributed by atoms with Gasteiger partial charge in [0.2, 0.25) is 0 Å². The molecule has 2 heteroatoms. The van der Waals surface area contributed by atoms with E-state index in [1.807, 2.05) is 7.85 Å². The van der Waals surface area contributed by atoms with Crippen LogP contribution in [0.25, 0.3) is 0 Å². The molecule has 0 fully saturated rings. The van der Waals surface area contributed by atoms with E-state index in [9.17, 15) is 0 Å². The zero-order valence-corrected chi connectivity index (χ0v) is 6.00. The van der Waals surface area contributed by atoms with Gasteiger partial charge in [-0.25, -0.2) is 0 Å². The Labute approximate surface area is 51.7 Å². The van der Waals surface area contributed by atoms with Crippen LogP contribution < -0.4 is 0 Å². The number of hydrogen-bond acceptors (Lipinski definition) is 0. The second-order valence-electron chi connectivity index (χ2n) is 2.41. The monoisotopic (exact) mass is 118 g/mol. The summed E-state index contributed by atoms with van der Waals surface area (Å²) >= 11 is 5.67. The molecule has 0 bridgehead atoms. The Hall–Kier alpha value is 0.355. The van der Waals surface area contributed by atoms with Crippen molar-refractivity contribution in [3.63, 3.8) is 0 Å². The van der Waals surface area contributed by atoms with Gasteiger partial charge in [-0.3, -0.25) is 0 Å². The van der Waals surface area contributed by atoms with Gasteiger partial charge >= 0.3 is 0 Å². The molecule has 1 atom stereocenters. The van der Waals surface area contributed by atoms with Crippen LogP contribution >= 0.6 is 11.6 Å². The molecule has 0 heterocycles. The molecule has 0 saturated heterocycles. The van der Waals surface area contributed by atoms with Gasteiger partial charge in [-0.1, -0.05) is 13.8 Å². The summed E-state index contributed by atoms with van der Waals surface area (Å²) < 4.78 is 0. The highest BCUT2D eigenvalue weighted by atomic mass is 35.5. The number of hydrogen-bond donors (Lipinski definition) is 0. The standard InChI is InChI=1S/C5H12BCl/c1-4(2)3-5(6)7/h4-5H,3,6H2,1-2H3. The van der Waals surface area contributed by atoms with E-state index in [0.29, 0.717) is 5.28 Å². The zero-order chi connectivity index (χ0) is 5.86. The molecule has 0 aliphatic carbocycles. The molecular formula is C5H12BCl. The molecule has 0 rings (SSSR count). The average Bonchev–Trinajstić information content (AvgIpc) is 1.27. The van der Waals surface area contributed by atoms with Gasteiger partial charge in [-0.05, 0) is 12.3 Å². The van der Waals surface area contributed by atoms with Gasteiger partial charge in [0.05, 0.1) is 0 Å². The lowest BCUT2D eigenvalue weighted by molar-refractivity contribution is 0.614. The molecule has 0 aromatic heterocycles. The van der Waals surface area contributed by atoms with Crippen molar-refractivity contribution in [2.24, 2.45) is 5.92 Å². The van der Waals surface area contributed by atoms with E-state index in [1.54, 1.807) is 0 Å². The maximum absolute atomic E-state index is 5.67. The summed E-state index contributed by atoms with van der Waals surface area (Å²) in [7, 11) is 2.03. The summed E-state index contributed by atoms with van der Waals surface area (Å²) in [6.07, 6.45) is 1.13.